The van der Waals surface area contributed by atoms with Crippen LogP contribution in [-0.4, -0.2) is 13.0 Å². The van der Waals surface area contributed by atoms with Crippen molar-refractivity contribution in [2.45, 2.75) is 12.5 Å². The number of hydrogen-bond donors (Lipinski definition) is 2. The predicted molar refractivity (Wildman–Crippen MR) is 79.6 cm³/mol. The maximum Gasteiger partial charge on any atom is 0.247 e. The second-order valence-electron chi connectivity index (χ2n) is 4.83. The Labute approximate surface area is 122 Å². The van der Waals surface area contributed by atoms with Crippen LogP contribution in [0.15, 0.2) is 48.5 Å². The molecule has 2 rings (SSSR count). The van der Waals surface area contributed by atoms with Gasteiger partial charge in [-0.2, -0.15) is 0 Å². The lowest BCUT2D eigenvalue weighted by Gasteiger charge is -2.29. The number of primary amides is 1. The van der Waals surface area contributed by atoms with E-state index in [1.165, 1.54) is 13.2 Å². The van der Waals surface area contributed by atoms with E-state index in [2.05, 4.69) is 5.32 Å². The number of methoxy groups -OCH3 is 1. The zero-order valence-corrected chi connectivity index (χ0v) is 11.9. The minimum Gasteiger partial charge on any atom is -0.497 e. The van der Waals surface area contributed by atoms with E-state index in [0.29, 0.717) is 11.3 Å². The van der Waals surface area contributed by atoms with Crippen LogP contribution < -0.4 is 15.8 Å². The Bertz CT molecular complexity index is 660. The van der Waals surface area contributed by atoms with Gasteiger partial charge in [-0.05, 0) is 36.8 Å². The number of para-hydroxylation sites is 1. The van der Waals surface area contributed by atoms with E-state index in [1.807, 2.05) is 0 Å². The summed E-state index contributed by atoms with van der Waals surface area (Å²) in [7, 11) is 1.53. The standard InChI is InChI=1S/C16H17FN2O2/c1-16(15(18)20,11-6-5-7-12(10-11)21-2)19-14-9-4-3-8-13(14)17/h3-10,19H,1-2H3,(H2,18,20). The molecule has 3 N–H and O–H groups in total. The Morgan fingerprint density at radius 3 is 2.57 bits per heavy atom. The monoisotopic (exact) mass is 288 g/mol. The molecule has 0 bridgehead atoms. The van der Waals surface area contributed by atoms with E-state index in [4.69, 9.17) is 10.5 Å². The number of rotatable bonds is 5. The fourth-order valence-corrected chi connectivity index (χ4v) is 2.04. The number of hydrogen-bond acceptors (Lipinski definition) is 3. The van der Waals surface area contributed by atoms with Crippen LogP contribution >= 0.6 is 0 Å². The SMILES string of the molecule is COc1cccc(C(C)(Nc2ccccc2F)C(N)=O)c1. The van der Waals surface area contributed by atoms with Crippen molar-refractivity contribution in [3.63, 3.8) is 0 Å². The lowest BCUT2D eigenvalue weighted by molar-refractivity contribution is -0.122. The molecule has 1 unspecified atom stereocenters. The summed E-state index contributed by atoms with van der Waals surface area (Å²) in [6.07, 6.45) is 0. The van der Waals surface area contributed by atoms with Gasteiger partial charge in [0.1, 0.15) is 17.1 Å². The molecule has 0 aliphatic heterocycles. The van der Waals surface area contributed by atoms with Gasteiger partial charge in [0.15, 0.2) is 0 Å². The molecule has 1 amide bonds. The number of amides is 1. The maximum atomic E-state index is 13.8. The van der Waals surface area contributed by atoms with E-state index in [-0.39, 0.29) is 5.69 Å². The largest absolute Gasteiger partial charge is 0.497 e. The van der Waals surface area contributed by atoms with Crippen molar-refractivity contribution in [2.24, 2.45) is 5.73 Å². The van der Waals surface area contributed by atoms with Gasteiger partial charge < -0.3 is 15.8 Å². The Morgan fingerprint density at radius 1 is 1.24 bits per heavy atom. The molecule has 5 heteroatoms. The Balaban J connectivity index is 2.45. The van der Waals surface area contributed by atoms with E-state index < -0.39 is 17.3 Å². The smallest absolute Gasteiger partial charge is 0.247 e. The van der Waals surface area contributed by atoms with Crippen molar-refractivity contribution in [1.29, 1.82) is 0 Å². The number of anilines is 1. The molecular weight excluding hydrogens is 271 g/mol. The lowest BCUT2D eigenvalue weighted by Crippen LogP contribution is -2.45. The van der Waals surface area contributed by atoms with Gasteiger partial charge in [-0.3, -0.25) is 4.79 Å². The van der Waals surface area contributed by atoms with Gasteiger partial charge in [0, 0.05) is 0 Å². The number of halogens is 1. The Kier molecular flexibility index (Phi) is 4.12. The second kappa shape index (κ2) is 5.83. The molecule has 21 heavy (non-hydrogen) atoms. The molecule has 0 aliphatic carbocycles. The quantitative estimate of drug-likeness (QED) is 0.889. The number of nitrogens with one attached hydrogen (secondary N) is 1. The number of nitrogens with two attached hydrogens (primary N) is 1. The van der Waals surface area contributed by atoms with E-state index >= 15 is 0 Å². The zero-order chi connectivity index (χ0) is 15.5. The number of carbonyl (C=O) groups excluding carboxylic acids is 1. The fourth-order valence-electron chi connectivity index (χ4n) is 2.04. The van der Waals surface area contributed by atoms with Gasteiger partial charge in [-0.15, -0.1) is 0 Å². The van der Waals surface area contributed by atoms with Crippen LogP contribution in [0.2, 0.25) is 0 Å². The highest BCUT2D eigenvalue weighted by molar-refractivity contribution is 5.89. The highest BCUT2D eigenvalue weighted by Gasteiger charge is 2.34. The van der Waals surface area contributed by atoms with Crippen LogP contribution in [0.4, 0.5) is 10.1 Å². The molecule has 0 fully saturated rings. The van der Waals surface area contributed by atoms with Gasteiger partial charge in [-0.1, -0.05) is 24.3 Å². The summed E-state index contributed by atoms with van der Waals surface area (Å²) >= 11 is 0. The normalized spacial score (nSPS) is 13.3. The topological polar surface area (TPSA) is 64.3 Å². The molecule has 0 saturated carbocycles. The molecular formula is C16H17FN2O2. The zero-order valence-electron chi connectivity index (χ0n) is 11.9. The first-order valence-electron chi connectivity index (χ1n) is 6.44. The molecule has 0 heterocycles. The summed E-state index contributed by atoms with van der Waals surface area (Å²) in [4.78, 5) is 11.9. The van der Waals surface area contributed by atoms with Crippen LogP contribution in [0.3, 0.4) is 0 Å². The van der Waals surface area contributed by atoms with Gasteiger partial charge in [0.25, 0.3) is 0 Å². The summed E-state index contributed by atoms with van der Waals surface area (Å²) < 4.78 is 19.0. The summed E-state index contributed by atoms with van der Waals surface area (Å²) in [5, 5.41) is 2.89. The maximum absolute atomic E-state index is 13.8. The average molecular weight is 288 g/mol. The number of ether oxygens (including phenoxy) is 1. The third-order valence-electron chi connectivity index (χ3n) is 3.40. The third kappa shape index (κ3) is 2.97. The highest BCUT2D eigenvalue weighted by Crippen LogP contribution is 2.29. The van der Waals surface area contributed by atoms with Crippen LogP contribution in [-0.2, 0) is 10.3 Å². The molecule has 0 radical (unpaired) electrons. The van der Waals surface area contributed by atoms with Crippen LogP contribution in [0, 0.1) is 5.82 Å². The van der Waals surface area contributed by atoms with Crippen molar-refractivity contribution in [3.8, 4) is 5.75 Å². The Morgan fingerprint density at radius 2 is 1.95 bits per heavy atom. The molecule has 1 atom stereocenters. The van der Waals surface area contributed by atoms with E-state index in [1.54, 1.807) is 49.4 Å². The molecule has 0 saturated heterocycles. The van der Waals surface area contributed by atoms with Crippen LogP contribution in [0.25, 0.3) is 0 Å². The van der Waals surface area contributed by atoms with Gasteiger partial charge in [0.2, 0.25) is 5.91 Å². The highest BCUT2D eigenvalue weighted by atomic mass is 19.1. The number of carbonyl (C=O) groups is 1. The fraction of sp³-hybridized carbons (Fsp3) is 0.188. The van der Waals surface area contributed by atoms with Crippen molar-refractivity contribution < 1.29 is 13.9 Å². The van der Waals surface area contributed by atoms with Crippen molar-refractivity contribution in [1.82, 2.24) is 0 Å². The minimum absolute atomic E-state index is 0.210. The van der Waals surface area contributed by atoms with Crippen molar-refractivity contribution in [2.75, 3.05) is 12.4 Å². The van der Waals surface area contributed by atoms with E-state index in [0.717, 1.165) is 0 Å². The predicted octanol–water partition coefficient (Wildman–Crippen LogP) is 2.65. The molecule has 4 nitrogen and oxygen atoms in total. The molecule has 0 aliphatic rings. The first-order chi connectivity index (χ1) is 9.97. The van der Waals surface area contributed by atoms with Crippen LogP contribution in [0.1, 0.15) is 12.5 Å². The summed E-state index contributed by atoms with van der Waals surface area (Å²) in [5.41, 5.74) is 5.08. The first kappa shape index (κ1) is 14.8. The summed E-state index contributed by atoms with van der Waals surface area (Å²) in [6, 6.07) is 13.1. The Hall–Kier alpha value is -2.56. The molecule has 110 valence electrons. The third-order valence-corrected chi connectivity index (χ3v) is 3.40. The van der Waals surface area contributed by atoms with Gasteiger partial charge in [-0.25, -0.2) is 4.39 Å². The van der Waals surface area contributed by atoms with Gasteiger partial charge in [0.05, 0.1) is 12.8 Å². The van der Waals surface area contributed by atoms with Gasteiger partial charge >= 0.3 is 0 Å². The summed E-state index contributed by atoms with van der Waals surface area (Å²) in [6.45, 7) is 1.61. The molecule has 0 spiro atoms. The first-order valence-corrected chi connectivity index (χ1v) is 6.44. The summed E-state index contributed by atoms with van der Waals surface area (Å²) in [5.74, 6) is -0.470. The van der Waals surface area contributed by atoms with E-state index in [9.17, 15) is 9.18 Å². The second-order valence-corrected chi connectivity index (χ2v) is 4.83. The minimum atomic E-state index is -1.25. The molecule has 0 aromatic heterocycles. The average Bonchev–Trinajstić information content (AvgIpc) is 2.49. The molecule has 2 aromatic carbocycles. The van der Waals surface area contributed by atoms with Crippen molar-refractivity contribution >= 4 is 11.6 Å². The van der Waals surface area contributed by atoms with Crippen LogP contribution in [0.5, 0.6) is 5.75 Å². The number of benzene rings is 2. The molecule has 2 aromatic rings. The van der Waals surface area contributed by atoms with Crippen molar-refractivity contribution in [3.05, 3.63) is 59.9 Å². The lowest BCUT2D eigenvalue weighted by atomic mass is 9.90.